The summed E-state index contributed by atoms with van der Waals surface area (Å²) in [6.45, 7) is 18.3. The van der Waals surface area contributed by atoms with Gasteiger partial charge in [0.15, 0.2) is 0 Å². The maximum Gasteiger partial charge on any atom is 0.331 e. The number of halogens is 1. The van der Waals surface area contributed by atoms with E-state index in [0.29, 0.717) is 6.61 Å². The van der Waals surface area contributed by atoms with Crippen molar-refractivity contribution in [3.05, 3.63) is 58.7 Å². The average molecular weight is 481 g/mol. The molecule has 0 saturated heterocycles. The van der Waals surface area contributed by atoms with E-state index in [4.69, 9.17) is 4.74 Å². The zero-order valence-corrected chi connectivity index (χ0v) is 21.8. The molecule has 0 heterocycles. The summed E-state index contributed by atoms with van der Waals surface area (Å²) in [6.07, 6.45) is 15.8. The lowest BCUT2D eigenvalue weighted by Gasteiger charge is -2.32. The third-order valence-electron chi connectivity index (χ3n) is 5.67. The van der Waals surface area contributed by atoms with Crippen molar-refractivity contribution in [2.45, 2.75) is 67.7 Å². The zero-order valence-electron chi connectivity index (χ0n) is 20.1. The average Bonchev–Trinajstić information content (AvgIpc) is 2.64. The van der Waals surface area contributed by atoms with Crippen LogP contribution in [0.5, 0.6) is 0 Å². The van der Waals surface area contributed by atoms with Gasteiger partial charge in [-0.05, 0) is 69.7 Å². The molecule has 30 heavy (non-hydrogen) atoms. The summed E-state index contributed by atoms with van der Waals surface area (Å²) < 4.78 is 5.29. The Balaban J connectivity index is 0.00000841. The second-order valence-electron chi connectivity index (χ2n) is 8.62. The van der Waals surface area contributed by atoms with Crippen molar-refractivity contribution in [3.8, 4) is 0 Å². The highest BCUT2D eigenvalue weighted by molar-refractivity contribution is 8.93. The second-order valence-corrected chi connectivity index (χ2v) is 8.62. The number of ether oxygens (including phenoxy) is 1. The number of nitrogens with zero attached hydrogens (tertiary/aromatic N) is 1. The van der Waals surface area contributed by atoms with Crippen LogP contribution < -0.4 is 0 Å². The lowest BCUT2D eigenvalue weighted by molar-refractivity contribution is -0.138. The van der Waals surface area contributed by atoms with Gasteiger partial charge in [0.05, 0.1) is 0 Å². The first-order valence-electron chi connectivity index (χ1n) is 11.0. The van der Waals surface area contributed by atoms with Gasteiger partial charge in [-0.25, -0.2) is 4.79 Å². The molecule has 0 amide bonds. The number of esters is 1. The summed E-state index contributed by atoms with van der Waals surface area (Å²) in [5.74, 6) is -0.276. The summed E-state index contributed by atoms with van der Waals surface area (Å²) in [5, 5.41) is 0. The minimum absolute atomic E-state index is 0. The Hall–Kier alpha value is -1.39. The predicted molar refractivity (Wildman–Crippen MR) is 135 cm³/mol. The smallest absolute Gasteiger partial charge is 0.331 e. The largest absolute Gasteiger partial charge is 0.461 e. The van der Waals surface area contributed by atoms with Crippen LogP contribution in [0.15, 0.2) is 58.7 Å². The van der Waals surface area contributed by atoms with E-state index in [1.807, 2.05) is 19.1 Å². The summed E-state index contributed by atoms with van der Waals surface area (Å²) in [6, 6.07) is 0. The van der Waals surface area contributed by atoms with Gasteiger partial charge in [-0.15, -0.1) is 17.0 Å². The fraction of sp³-hybridized carbons (Fsp3) is 0.577. The Kier molecular flexibility index (Phi) is 13.9. The molecule has 0 radical (unpaired) electrons. The van der Waals surface area contributed by atoms with E-state index in [-0.39, 0.29) is 28.4 Å². The molecule has 4 heteroatoms. The molecule has 0 saturated carbocycles. The van der Waals surface area contributed by atoms with E-state index in [0.717, 1.165) is 25.2 Å². The van der Waals surface area contributed by atoms with Crippen molar-refractivity contribution in [2.75, 3.05) is 26.2 Å². The molecule has 0 atom stereocenters. The Morgan fingerprint density at radius 2 is 1.80 bits per heavy atom. The molecule has 3 nitrogen and oxygen atoms in total. The number of carbonyl (C=O) groups is 1. The third-order valence-corrected chi connectivity index (χ3v) is 5.67. The third kappa shape index (κ3) is 10.6. The van der Waals surface area contributed by atoms with Crippen LogP contribution in [0.1, 0.15) is 67.7 Å². The number of allylic oxidation sites excluding steroid dienone is 9. The van der Waals surface area contributed by atoms with E-state index in [1.165, 1.54) is 36.0 Å². The molecule has 0 aromatic rings. The molecule has 1 aliphatic carbocycles. The number of likely N-dealkylation sites (N-methyl/N-ethyl adjacent to an activating group) is 1. The number of hydrogen-bond acceptors (Lipinski definition) is 3. The van der Waals surface area contributed by atoms with Gasteiger partial charge in [0.25, 0.3) is 0 Å². The van der Waals surface area contributed by atoms with Crippen LogP contribution in [0, 0.1) is 5.41 Å². The molecule has 0 unspecified atom stereocenters. The Morgan fingerprint density at radius 3 is 2.40 bits per heavy atom. The molecule has 170 valence electrons. The van der Waals surface area contributed by atoms with Crippen LogP contribution in [0.2, 0.25) is 0 Å². The van der Waals surface area contributed by atoms with Crippen molar-refractivity contribution in [2.24, 2.45) is 5.41 Å². The molecule has 0 aromatic heterocycles. The van der Waals surface area contributed by atoms with Gasteiger partial charge in [-0.1, -0.05) is 69.2 Å². The monoisotopic (exact) mass is 479 g/mol. The quantitative estimate of drug-likeness (QED) is 0.192. The van der Waals surface area contributed by atoms with Crippen LogP contribution in [-0.4, -0.2) is 37.1 Å². The number of carbonyl (C=O) groups excluding carboxylic acids is 1. The van der Waals surface area contributed by atoms with E-state index in [9.17, 15) is 4.79 Å². The van der Waals surface area contributed by atoms with Crippen molar-refractivity contribution < 1.29 is 9.53 Å². The van der Waals surface area contributed by atoms with E-state index in [2.05, 4.69) is 64.7 Å². The molecular formula is C26H42BrNO2. The van der Waals surface area contributed by atoms with Gasteiger partial charge in [0, 0.05) is 12.6 Å². The van der Waals surface area contributed by atoms with Gasteiger partial charge < -0.3 is 9.64 Å². The molecule has 1 rings (SSSR count). The van der Waals surface area contributed by atoms with Crippen LogP contribution in [-0.2, 0) is 9.53 Å². The molecule has 0 N–H and O–H groups in total. The first-order chi connectivity index (χ1) is 13.7. The molecule has 0 spiro atoms. The van der Waals surface area contributed by atoms with E-state index < -0.39 is 0 Å². The van der Waals surface area contributed by atoms with Crippen LogP contribution in [0.4, 0.5) is 0 Å². The summed E-state index contributed by atoms with van der Waals surface area (Å²) in [4.78, 5) is 14.1. The molecular weight excluding hydrogens is 438 g/mol. The van der Waals surface area contributed by atoms with Gasteiger partial charge in [0.1, 0.15) is 6.61 Å². The van der Waals surface area contributed by atoms with Crippen LogP contribution >= 0.6 is 17.0 Å². The van der Waals surface area contributed by atoms with Crippen molar-refractivity contribution in [1.29, 1.82) is 0 Å². The zero-order chi connectivity index (χ0) is 21.9. The normalized spacial score (nSPS) is 17.7. The highest BCUT2D eigenvalue weighted by Crippen LogP contribution is 2.40. The van der Waals surface area contributed by atoms with Crippen molar-refractivity contribution in [3.63, 3.8) is 0 Å². The summed E-state index contributed by atoms with van der Waals surface area (Å²) >= 11 is 0. The fourth-order valence-electron chi connectivity index (χ4n) is 3.72. The van der Waals surface area contributed by atoms with Crippen LogP contribution in [0.3, 0.4) is 0 Å². The highest BCUT2D eigenvalue weighted by atomic mass is 79.9. The van der Waals surface area contributed by atoms with Crippen molar-refractivity contribution >= 4 is 23.0 Å². The highest BCUT2D eigenvalue weighted by Gasteiger charge is 2.26. The summed E-state index contributed by atoms with van der Waals surface area (Å²) in [7, 11) is 0. The maximum absolute atomic E-state index is 11.9. The maximum atomic E-state index is 11.9. The molecule has 0 bridgehead atoms. The number of hydrogen-bond donors (Lipinski definition) is 0. The Bertz CT molecular complexity index is 692. The Labute approximate surface area is 195 Å². The molecule has 0 aliphatic heterocycles. The first kappa shape index (κ1) is 28.6. The summed E-state index contributed by atoms with van der Waals surface area (Å²) in [5.41, 5.74) is 5.33. The molecule has 1 aliphatic rings. The van der Waals surface area contributed by atoms with Gasteiger partial charge >= 0.3 is 5.97 Å². The molecule has 0 fully saturated rings. The second kappa shape index (κ2) is 14.6. The standard InChI is InChI=1S/C26H41NO2.BrH/c1-8-27(9-2)18-19-29-25(28)20-22(4)13-10-12-21(3)15-16-24-23(5)14-11-17-26(24,6)7;/h10,12-13,15-16,20H,8-9,11,14,17-19H2,1-7H3;1H/b13-10+,16-15+,21-12-,22-20+;. The lowest BCUT2D eigenvalue weighted by atomic mass is 9.72. The first-order valence-corrected chi connectivity index (χ1v) is 11.0. The minimum Gasteiger partial charge on any atom is -0.461 e. The number of rotatable bonds is 10. The minimum atomic E-state index is -0.276. The van der Waals surface area contributed by atoms with E-state index in [1.54, 1.807) is 6.08 Å². The van der Waals surface area contributed by atoms with Crippen molar-refractivity contribution in [1.82, 2.24) is 4.90 Å². The predicted octanol–water partition coefficient (Wildman–Crippen LogP) is 6.98. The fourth-order valence-corrected chi connectivity index (χ4v) is 3.72. The Morgan fingerprint density at radius 1 is 1.13 bits per heavy atom. The lowest BCUT2D eigenvalue weighted by Crippen LogP contribution is -2.27. The van der Waals surface area contributed by atoms with E-state index >= 15 is 0 Å². The molecule has 0 aromatic carbocycles. The van der Waals surface area contributed by atoms with Gasteiger partial charge in [-0.3, -0.25) is 0 Å². The van der Waals surface area contributed by atoms with Gasteiger partial charge in [-0.2, -0.15) is 0 Å². The van der Waals surface area contributed by atoms with Crippen LogP contribution in [0.25, 0.3) is 0 Å². The topological polar surface area (TPSA) is 29.5 Å². The SMILES string of the molecule is Br.CCN(CC)CCOC(=O)/C=C(C)/C=C/C=C(C)\C=C\C1=C(C)CCCC1(C)C. The van der Waals surface area contributed by atoms with Gasteiger partial charge in [0.2, 0.25) is 0 Å².